The number of esters is 1. The highest BCUT2D eigenvalue weighted by atomic mass is 79.9. The summed E-state index contributed by atoms with van der Waals surface area (Å²) in [5.41, 5.74) is 1.71. The van der Waals surface area contributed by atoms with Gasteiger partial charge in [0.1, 0.15) is 17.1 Å². The van der Waals surface area contributed by atoms with Crippen LogP contribution in [0.3, 0.4) is 0 Å². The van der Waals surface area contributed by atoms with E-state index < -0.39 is 11.7 Å². The summed E-state index contributed by atoms with van der Waals surface area (Å²) >= 11 is 3.54. The van der Waals surface area contributed by atoms with Crippen molar-refractivity contribution < 1.29 is 19.4 Å². The van der Waals surface area contributed by atoms with Gasteiger partial charge in [-0.1, -0.05) is 0 Å². The van der Waals surface area contributed by atoms with Gasteiger partial charge in [-0.05, 0) is 60.8 Å². The number of aliphatic hydroxyl groups excluding tert-OH is 1. The van der Waals surface area contributed by atoms with Crippen molar-refractivity contribution in [2.45, 2.75) is 33.4 Å². The predicted molar refractivity (Wildman–Crippen MR) is 85.8 cm³/mol. The Hall–Kier alpha value is -1.95. The Labute approximate surface area is 136 Å². The third-order valence-corrected chi connectivity index (χ3v) is 4.86. The number of rotatable bonds is 0. The number of fused-ring (bicyclic) bond motifs is 1. The zero-order chi connectivity index (χ0) is 16.2. The molecule has 1 spiro atoms. The summed E-state index contributed by atoms with van der Waals surface area (Å²) in [5, 5.41) is 13.1. The van der Waals surface area contributed by atoms with Gasteiger partial charge in [0.15, 0.2) is 5.75 Å². The molecule has 1 aromatic carbocycles. The Morgan fingerprint density at radius 1 is 1.36 bits per heavy atom. The number of ether oxygens (including phenoxy) is 2. The number of hydrogen-bond donors (Lipinski definition) is 2. The number of cyclic esters (lactones) is 1. The maximum atomic E-state index is 12.2. The molecule has 2 N–H and O–H groups in total. The second kappa shape index (κ2) is 4.78. The summed E-state index contributed by atoms with van der Waals surface area (Å²) in [6.07, 6.45) is 1.65. The molecule has 0 radical (unpaired) electrons. The lowest BCUT2D eigenvalue weighted by Gasteiger charge is -2.31. The summed E-state index contributed by atoms with van der Waals surface area (Å²) in [6.45, 7) is 7.09. The van der Waals surface area contributed by atoms with Gasteiger partial charge >= 0.3 is 5.97 Å². The molecule has 3 rings (SSSR count). The van der Waals surface area contributed by atoms with Crippen molar-refractivity contribution in [1.82, 2.24) is 0 Å². The fraction of sp³-hybridized carbons (Fsp3) is 0.312. The number of carbonyl (C=O) groups excluding carboxylic acids is 1. The molecule has 1 aromatic rings. The average Bonchev–Trinajstić information content (AvgIpc) is 2.73. The van der Waals surface area contributed by atoms with Crippen LogP contribution in [-0.2, 0) is 9.53 Å². The van der Waals surface area contributed by atoms with Crippen LogP contribution >= 0.6 is 15.9 Å². The van der Waals surface area contributed by atoms with E-state index in [2.05, 4.69) is 21.2 Å². The van der Waals surface area contributed by atoms with Gasteiger partial charge in [0, 0.05) is 6.08 Å². The van der Waals surface area contributed by atoms with Crippen LogP contribution in [0.1, 0.15) is 25.0 Å². The minimum atomic E-state index is -1.25. The largest absolute Gasteiger partial charge is 0.512 e. The first-order chi connectivity index (χ1) is 10.2. The van der Waals surface area contributed by atoms with Crippen molar-refractivity contribution in [3.05, 3.63) is 44.8 Å². The SMILES string of the molecule is CC1=CC2(Nc3cc(C)c(C)c(Br)c3O2)/C(=C(/C)O)C(=O)O1. The lowest BCUT2D eigenvalue weighted by molar-refractivity contribution is -0.138. The van der Waals surface area contributed by atoms with E-state index in [0.717, 1.165) is 21.3 Å². The van der Waals surface area contributed by atoms with Crippen molar-refractivity contribution in [3.63, 3.8) is 0 Å². The Morgan fingerprint density at radius 2 is 2.05 bits per heavy atom. The minimum Gasteiger partial charge on any atom is -0.512 e. The molecule has 116 valence electrons. The maximum absolute atomic E-state index is 12.2. The normalized spacial score (nSPS) is 25.1. The quantitative estimate of drug-likeness (QED) is 0.415. The summed E-state index contributed by atoms with van der Waals surface area (Å²) in [6, 6.07) is 1.96. The fourth-order valence-electron chi connectivity index (χ4n) is 2.76. The average molecular weight is 366 g/mol. The number of anilines is 1. The van der Waals surface area contributed by atoms with Gasteiger partial charge < -0.3 is 19.9 Å². The molecule has 22 heavy (non-hydrogen) atoms. The van der Waals surface area contributed by atoms with Crippen molar-refractivity contribution in [2.75, 3.05) is 5.32 Å². The summed E-state index contributed by atoms with van der Waals surface area (Å²) < 4.78 is 12.0. The van der Waals surface area contributed by atoms with Crippen LogP contribution in [0, 0.1) is 13.8 Å². The van der Waals surface area contributed by atoms with E-state index in [1.807, 2.05) is 19.9 Å². The van der Waals surface area contributed by atoms with Gasteiger partial charge in [0.25, 0.3) is 0 Å². The highest BCUT2D eigenvalue weighted by Crippen LogP contribution is 2.49. The molecule has 2 aliphatic rings. The minimum absolute atomic E-state index is 0.0523. The second-order valence-corrected chi connectivity index (χ2v) is 6.37. The Balaban J connectivity index is 2.21. The molecule has 0 saturated carbocycles. The van der Waals surface area contributed by atoms with E-state index in [4.69, 9.17) is 9.47 Å². The number of hydrogen-bond acceptors (Lipinski definition) is 5. The second-order valence-electron chi connectivity index (χ2n) is 5.58. The molecule has 0 aliphatic carbocycles. The van der Waals surface area contributed by atoms with Crippen molar-refractivity contribution in [1.29, 1.82) is 0 Å². The van der Waals surface area contributed by atoms with Crippen molar-refractivity contribution in [3.8, 4) is 5.75 Å². The molecular formula is C16H16BrNO4. The summed E-state index contributed by atoms with van der Waals surface area (Å²) in [7, 11) is 0. The van der Waals surface area contributed by atoms with Crippen LogP contribution < -0.4 is 10.1 Å². The van der Waals surface area contributed by atoms with Crippen molar-refractivity contribution >= 4 is 27.6 Å². The highest BCUT2D eigenvalue weighted by molar-refractivity contribution is 9.10. The topological polar surface area (TPSA) is 67.8 Å². The van der Waals surface area contributed by atoms with E-state index in [-0.39, 0.29) is 11.3 Å². The van der Waals surface area contributed by atoms with Gasteiger partial charge in [-0.25, -0.2) is 4.79 Å². The monoisotopic (exact) mass is 365 g/mol. The lowest BCUT2D eigenvalue weighted by Crippen LogP contribution is -2.47. The first-order valence-electron chi connectivity index (χ1n) is 6.84. The third kappa shape index (κ3) is 2.01. The Kier molecular flexibility index (Phi) is 3.25. The standard InChI is InChI=1S/C16H16BrNO4/c1-7-5-11-14(13(17)9(7)3)22-16(18-11)6-8(2)21-15(20)12(16)10(4)19/h5-6,18-19H,1-4H3/b12-10-. The Bertz CT molecular complexity index is 762. The Morgan fingerprint density at radius 3 is 2.68 bits per heavy atom. The smallest absolute Gasteiger partial charge is 0.349 e. The molecule has 0 fully saturated rings. The molecule has 1 atom stereocenters. The van der Waals surface area contributed by atoms with Crippen LogP contribution in [0.15, 0.2) is 33.7 Å². The molecule has 0 saturated heterocycles. The van der Waals surface area contributed by atoms with E-state index >= 15 is 0 Å². The lowest BCUT2D eigenvalue weighted by atomic mass is 9.98. The molecule has 0 amide bonds. The number of halogens is 1. The van der Waals surface area contributed by atoms with Crippen LogP contribution in [0.25, 0.3) is 0 Å². The molecule has 1 unspecified atom stereocenters. The maximum Gasteiger partial charge on any atom is 0.349 e. The molecule has 0 bridgehead atoms. The molecule has 2 heterocycles. The van der Waals surface area contributed by atoms with E-state index in [1.54, 1.807) is 13.0 Å². The van der Waals surface area contributed by atoms with Crippen LogP contribution in [0.2, 0.25) is 0 Å². The molecule has 6 heteroatoms. The van der Waals surface area contributed by atoms with Gasteiger partial charge in [0.05, 0.1) is 10.2 Å². The number of allylic oxidation sites excluding steroid dienone is 2. The number of benzene rings is 1. The summed E-state index contributed by atoms with van der Waals surface area (Å²) in [4.78, 5) is 12.2. The molecule has 2 aliphatic heterocycles. The first kappa shape index (κ1) is 15.0. The molecule has 0 aromatic heterocycles. The van der Waals surface area contributed by atoms with E-state index in [1.165, 1.54) is 6.92 Å². The predicted octanol–water partition coefficient (Wildman–Crippen LogP) is 3.86. The number of aryl methyl sites for hydroxylation is 1. The van der Waals surface area contributed by atoms with Gasteiger partial charge in [-0.2, -0.15) is 0 Å². The van der Waals surface area contributed by atoms with Crippen LogP contribution in [-0.4, -0.2) is 16.8 Å². The fourth-order valence-corrected chi connectivity index (χ4v) is 3.37. The van der Waals surface area contributed by atoms with Crippen molar-refractivity contribution in [2.24, 2.45) is 0 Å². The zero-order valence-corrected chi connectivity index (χ0v) is 14.3. The van der Waals surface area contributed by atoms with Gasteiger partial charge in [-0.15, -0.1) is 0 Å². The molecule has 5 nitrogen and oxygen atoms in total. The first-order valence-corrected chi connectivity index (χ1v) is 7.63. The van der Waals surface area contributed by atoms with Gasteiger partial charge in [-0.3, -0.25) is 0 Å². The summed E-state index contributed by atoms with van der Waals surface area (Å²) in [5.74, 6) is 0.268. The zero-order valence-electron chi connectivity index (χ0n) is 12.7. The highest BCUT2D eigenvalue weighted by Gasteiger charge is 2.50. The van der Waals surface area contributed by atoms with E-state index in [9.17, 15) is 9.90 Å². The van der Waals surface area contributed by atoms with Crippen LogP contribution in [0.5, 0.6) is 5.75 Å². The molecular weight excluding hydrogens is 350 g/mol. The number of nitrogens with one attached hydrogen (secondary N) is 1. The van der Waals surface area contributed by atoms with Crippen LogP contribution in [0.4, 0.5) is 5.69 Å². The third-order valence-electron chi connectivity index (χ3n) is 3.91. The number of carbonyl (C=O) groups is 1. The number of aliphatic hydroxyl groups is 1. The van der Waals surface area contributed by atoms with Gasteiger partial charge in [0.2, 0.25) is 5.72 Å². The van der Waals surface area contributed by atoms with E-state index in [0.29, 0.717) is 11.5 Å².